The third-order valence-electron chi connectivity index (χ3n) is 0. The maximum atomic E-state index is 5.44. The summed E-state index contributed by atoms with van der Waals surface area (Å²) in [6.45, 7) is 0. The number of hydrogen-bond acceptors (Lipinski definition) is 0. The van der Waals surface area contributed by atoms with Gasteiger partial charge in [-0.2, -0.15) is 0 Å². The minimum atomic E-state index is -0.861. The molecule has 0 aromatic heterocycles. The van der Waals surface area contributed by atoms with Gasteiger partial charge in [0.1, 0.15) is 0 Å². The predicted octanol–water partition coefficient (Wildman–Crippen LogP) is 4.53. The molecule has 0 amide bonds. The Hall–Kier alpha value is 2.75. The molecule has 86 valence electrons. The summed E-state index contributed by atoms with van der Waals surface area (Å²) < 4.78 is 0. The molecule has 0 saturated heterocycles. The quantitative estimate of drug-likeness (QED) is 0.446. The molecule has 0 aliphatic rings. The van der Waals surface area contributed by atoms with E-state index in [2.05, 4.69) is 46.0 Å². The van der Waals surface area contributed by atoms with Crippen LogP contribution in [0.3, 0.4) is 0 Å². The van der Waals surface area contributed by atoms with Gasteiger partial charge in [0.05, 0.1) is 0 Å². The molecule has 0 atom stereocenters. The van der Waals surface area contributed by atoms with Gasteiger partial charge in [-0.15, -0.1) is 0 Å². The molecule has 0 spiro atoms. The van der Waals surface area contributed by atoms with Gasteiger partial charge in [0, 0.05) is 0 Å². The van der Waals surface area contributed by atoms with Crippen LogP contribution < -0.4 is 0 Å². The van der Waals surface area contributed by atoms with Crippen molar-refractivity contribution in [2.24, 2.45) is 0 Å². The van der Waals surface area contributed by atoms with E-state index in [4.69, 9.17) is 20.0 Å². The van der Waals surface area contributed by atoms with Gasteiger partial charge in [0.2, 0.25) is 0 Å². The molecular formula is C8H24Cl2Ge4. The summed E-state index contributed by atoms with van der Waals surface area (Å²) in [7, 11) is 10.9. The molecule has 0 aliphatic carbocycles. The summed E-state index contributed by atoms with van der Waals surface area (Å²) in [6.07, 6.45) is 0. The van der Waals surface area contributed by atoms with Crippen molar-refractivity contribution in [2.45, 2.75) is 46.0 Å². The van der Waals surface area contributed by atoms with Gasteiger partial charge < -0.3 is 0 Å². The molecule has 0 bridgehead atoms. The average molecular weight is 482 g/mol. The van der Waals surface area contributed by atoms with Crippen LogP contribution in [0.2, 0.25) is 46.0 Å². The van der Waals surface area contributed by atoms with Crippen molar-refractivity contribution in [3.05, 3.63) is 0 Å². The van der Waals surface area contributed by atoms with Gasteiger partial charge in [-0.05, 0) is 0 Å². The van der Waals surface area contributed by atoms with E-state index in [0.29, 0.717) is 30.9 Å². The third kappa shape index (κ3) is 368. The van der Waals surface area contributed by atoms with Crippen molar-refractivity contribution in [3.63, 3.8) is 0 Å². The number of halogens is 2. The van der Waals surface area contributed by atoms with Crippen LogP contribution >= 0.6 is 20.0 Å². The Kier molecular flexibility index (Phi) is 54.1. The van der Waals surface area contributed by atoms with Crippen LogP contribution in [0, 0.1) is 0 Å². The first-order chi connectivity index (χ1) is 6.29. The Labute approximate surface area is 122 Å². The summed E-state index contributed by atoms with van der Waals surface area (Å²) in [5.41, 5.74) is 0. The third-order valence-corrected chi connectivity index (χ3v) is 0. The van der Waals surface area contributed by atoms with E-state index in [1.165, 1.54) is 0 Å². The van der Waals surface area contributed by atoms with E-state index >= 15 is 0 Å². The molecule has 0 saturated carbocycles. The molecule has 0 nitrogen and oxygen atoms in total. The molecule has 6 radical (unpaired) electrons. The Morgan fingerprint density at radius 1 is 0.643 bits per heavy atom. The van der Waals surface area contributed by atoms with Crippen LogP contribution in [0.5, 0.6) is 0 Å². The molecule has 0 unspecified atom stereocenters. The van der Waals surface area contributed by atoms with Crippen molar-refractivity contribution in [1.29, 1.82) is 0 Å². The molecule has 6 heteroatoms. The number of hydrogen-bond donors (Lipinski definition) is 0. The summed E-state index contributed by atoms with van der Waals surface area (Å²) in [5.74, 6) is 17.4. The van der Waals surface area contributed by atoms with E-state index in [0.717, 1.165) is 0 Å². The predicted molar refractivity (Wildman–Crippen MR) is 81.6 cm³/mol. The van der Waals surface area contributed by atoms with Crippen molar-refractivity contribution in [1.82, 2.24) is 0 Å². The monoisotopic (exact) mass is 486 g/mol. The first-order valence-electron chi connectivity index (χ1n) is 4.38. The molecular weight excluding hydrogens is 457 g/mol. The van der Waals surface area contributed by atoms with E-state index in [9.17, 15) is 0 Å². The van der Waals surface area contributed by atoms with E-state index < -0.39 is 26.8 Å². The molecule has 0 fully saturated rings. The summed E-state index contributed by atoms with van der Waals surface area (Å²) in [5, 5.41) is 0. The summed E-state index contributed by atoms with van der Waals surface area (Å²) >= 11 is -0.722. The SMILES string of the molecule is [CH3][Ge]([CH3])[Cl].[CH3][Ge]([CH3])[Cl].[CH3][Ge][CH3].[CH3][Ge][CH3]. The van der Waals surface area contributed by atoms with Crippen LogP contribution in [0.1, 0.15) is 0 Å². The molecule has 0 rings (SSSR count). The topological polar surface area (TPSA) is 0 Å². The minimum absolute atomic E-state index is 0.500. The maximum absolute atomic E-state index is 5.44. The normalized spacial score (nSPS) is 7.71. The fourth-order valence-electron chi connectivity index (χ4n) is 0. The van der Waals surface area contributed by atoms with Gasteiger partial charge in [-0.1, -0.05) is 0 Å². The average Bonchev–Trinajstić information content (AvgIpc) is 1.85. The fourth-order valence-corrected chi connectivity index (χ4v) is 0. The van der Waals surface area contributed by atoms with Crippen LogP contribution in [0.15, 0.2) is 0 Å². The Morgan fingerprint density at radius 2 is 0.643 bits per heavy atom. The first kappa shape index (κ1) is 25.6. The second kappa shape index (κ2) is 29.7. The van der Waals surface area contributed by atoms with Crippen LogP contribution in [-0.4, -0.2) is 57.7 Å². The van der Waals surface area contributed by atoms with Crippen LogP contribution in [-0.2, 0) is 0 Å². The first-order valence-corrected chi connectivity index (χ1v) is 26.7. The van der Waals surface area contributed by atoms with Crippen LogP contribution in [0.4, 0.5) is 0 Å². The molecule has 0 aliphatic heterocycles. The molecule has 0 aromatic rings. The number of rotatable bonds is 0. The van der Waals surface area contributed by atoms with Crippen molar-refractivity contribution in [3.8, 4) is 0 Å². The van der Waals surface area contributed by atoms with Gasteiger partial charge >= 0.3 is 124 Å². The molecule has 0 N–H and O–H groups in total. The zero-order chi connectivity index (χ0) is 12.6. The van der Waals surface area contributed by atoms with E-state index in [-0.39, 0.29) is 0 Å². The van der Waals surface area contributed by atoms with Crippen LogP contribution in [0.25, 0.3) is 0 Å². The zero-order valence-electron chi connectivity index (χ0n) is 10.8. The van der Waals surface area contributed by atoms with Gasteiger partial charge in [-0.25, -0.2) is 0 Å². The zero-order valence-corrected chi connectivity index (χ0v) is 20.7. The Bertz CT molecular complexity index is 49.8. The van der Waals surface area contributed by atoms with Gasteiger partial charge in [0.15, 0.2) is 0 Å². The van der Waals surface area contributed by atoms with E-state index in [1.54, 1.807) is 0 Å². The summed E-state index contributed by atoms with van der Waals surface area (Å²) in [6, 6.07) is 0. The fraction of sp³-hybridized carbons (Fsp3) is 1.00. The van der Waals surface area contributed by atoms with E-state index in [1.807, 2.05) is 0 Å². The Balaban J connectivity index is -0.0000000482. The second-order valence-corrected chi connectivity index (χ2v) is 22.2. The van der Waals surface area contributed by atoms with Crippen molar-refractivity contribution >= 4 is 77.7 Å². The molecule has 0 heterocycles. The summed E-state index contributed by atoms with van der Waals surface area (Å²) in [4.78, 5) is 0. The second-order valence-electron chi connectivity index (χ2n) is 2.76. The Morgan fingerprint density at radius 3 is 0.643 bits per heavy atom. The van der Waals surface area contributed by atoms with Crippen molar-refractivity contribution in [2.75, 3.05) is 0 Å². The molecule has 14 heavy (non-hydrogen) atoms. The molecule has 0 aromatic carbocycles. The van der Waals surface area contributed by atoms with Gasteiger partial charge in [0.25, 0.3) is 0 Å². The standard InChI is InChI=1S/2C2H6ClGe.2C2H6Ge/c2*1-4(2)3;2*1-3-2/h2*1-2H3;2*1-2H3. The van der Waals surface area contributed by atoms with Crippen molar-refractivity contribution < 1.29 is 0 Å². The van der Waals surface area contributed by atoms with Gasteiger partial charge in [-0.3, -0.25) is 0 Å².